The van der Waals surface area contributed by atoms with Gasteiger partial charge in [0.1, 0.15) is 12.1 Å². The smallest absolute Gasteiger partial charge is 0.324 e. The van der Waals surface area contributed by atoms with E-state index in [9.17, 15) is 4.79 Å². The molecule has 1 saturated carbocycles. The topological polar surface area (TPSA) is 61.4 Å². The number of urea groups is 1. The standard InChI is InChI=1S/C18H20ClN5O/c1-23-10-16-15(17(22-11-21-16)20-8-12-2-3-12)9-24(18(23)25)14-6-4-13(19)5-7-14/h4-7,11-12H,2-3,8-10H2,1H3,(H,20,21,22). The minimum Gasteiger partial charge on any atom is -0.369 e. The number of amides is 2. The minimum absolute atomic E-state index is 0.0616. The van der Waals surface area contributed by atoms with Crippen molar-refractivity contribution in [3.05, 3.63) is 46.9 Å². The third-order valence-corrected chi connectivity index (χ3v) is 4.94. The molecule has 7 heteroatoms. The molecule has 130 valence electrons. The molecule has 2 aliphatic rings. The van der Waals surface area contributed by atoms with Crippen molar-refractivity contribution in [2.45, 2.75) is 25.9 Å². The van der Waals surface area contributed by atoms with E-state index >= 15 is 0 Å². The lowest BCUT2D eigenvalue weighted by Crippen LogP contribution is -2.38. The van der Waals surface area contributed by atoms with Gasteiger partial charge in [0.25, 0.3) is 0 Å². The second-order valence-corrected chi connectivity index (χ2v) is 7.11. The number of carbonyl (C=O) groups excluding carboxylic acids is 1. The van der Waals surface area contributed by atoms with Gasteiger partial charge in [0.15, 0.2) is 0 Å². The van der Waals surface area contributed by atoms with E-state index < -0.39 is 0 Å². The van der Waals surface area contributed by atoms with Crippen LogP contribution in [0.25, 0.3) is 0 Å². The fourth-order valence-corrected chi connectivity index (χ4v) is 3.14. The second kappa shape index (κ2) is 6.52. The van der Waals surface area contributed by atoms with Crippen molar-refractivity contribution in [3.63, 3.8) is 0 Å². The van der Waals surface area contributed by atoms with Crippen LogP contribution >= 0.6 is 11.6 Å². The third-order valence-electron chi connectivity index (χ3n) is 4.69. The van der Waals surface area contributed by atoms with Gasteiger partial charge in [-0.25, -0.2) is 14.8 Å². The van der Waals surface area contributed by atoms with Gasteiger partial charge in [-0.2, -0.15) is 0 Å². The lowest BCUT2D eigenvalue weighted by atomic mass is 10.2. The van der Waals surface area contributed by atoms with E-state index in [2.05, 4.69) is 15.3 Å². The van der Waals surface area contributed by atoms with Gasteiger partial charge >= 0.3 is 6.03 Å². The molecule has 1 N–H and O–H groups in total. The van der Waals surface area contributed by atoms with Crippen molar-refractivity contribution >= 4 is 29.1 Å². The number of hydrogen-bond acceptors (Lipinski definition) is 4. The normalized spacial score (nSPS) is 17.3. The molecule has 0 saturated heterocycles. The van der Waals surface area contributed by atoms with Crippen molar-refractivity contribution in [3.8, 4) is 0 Å². The van der Waals surface area contributed by atoms with E-state index in [1.165, 1.54) is 12.8 Å². The number of hydrogen-bond donors (Lipinski definition) is 1. The number of anilines is 2. The summed E-state index contributed by atoms with van der Waals surface area (Å²) in [5.41, 5.74) is 2.68. The summed E-state index contributed by atoms with van der Waals surface area (Å²) in [4.78, 5) is 25.1. The van der Waals surface area contributed by atoms with E-state index in [-0.39, 0.29) is 6.03 Å². The largest absolute Gasteiger partial charge is 0.369 e. The number of fused-ring (bicyclic) bond motifs is 1. The summed E-state index contributed by atoms with van der Waals surface area (Å²) >= 11 is 5.99. The van der Waals surface area contributed by atoms with Crippen molar-refractivity contribution in [2.24, 2.45) is 5.92 Å². The van der Waals surface area contributed by atoms with Gasteiger partial charge in [0, 0.05) is 29.9 Å². The van der Waals surface area contributed by atoms with Crippen LogP contribution in [0.1, 0.15) is 24.1 Å². The number of halogens is 1. The van der Waals surface area contributed by atoms with Gasteiger partial charge in [-0.15, -0.1) is 0 Å². The van der Waals surface area contributed by atoms with E-state index in [1.54, 1.807) is 35.3 Å². The highest BCUT2D eigenvalue weighted by Gasteiger charge is 2.29. The van der Waals surface area contributed by atoms with Crippen molar-refractivity contribution in [1.82, 2.24) is 14.9 Å². The molecule has 0 atom stereocenters. The summed E-state index contributed by atoms with van der Waals surface area (Å²) in [6.45, 7) is 1.83. The molecule has 2 aromatic rings. The Morgan fingerprint density at radius 3 is 2.68 bits per heavy atom. The van der Waals surface area contributed by atoms with Gasteiger partial charge < -0.3 is 10.2 Å². The van der Waals surface area contributed by atoms with Gasteiger partial charge in [-0.3, -0.25) is 4.90 Å². The molecular weight excluding hydrogens is 338 g/mol. The number of aromatic nitrogens is 2. The molecule has 0 radical (unpaired) electrons. The highest BCUT2D eigenvalue weighted by atomic mass is 35.5. The predicted molar refractivity (Wildman–Crippen MR) is 97.7 cm³/mol. The maximum Gasteiger partial charge on any atom is 0.324 e. The van der Waals surface area contributed by atoms with Crippen molar-refractivity contribution in [2.75, 3.05) is 23.8 Å². The van der Waals surface area contributed by atoms with Gasteiger partial charge in [0.05, 0.1) is 18.8 Å². The van der Waals surface area contributed by atoms with Gasteiger partial charge in [0.2, 0.25) is 0 Å². The maximum absolute atomic E-state index is 12.8. The molecule has 25 heavy (non-hydrogen) atoms. The van der Waals surface area contributed by atoms with Crippen molar-refractivity contribution < 1.29 is 4.79 Å². The number of carbonyl (C=O) groups is 1. The third kappa shape index (κ3) is 3.39. The van der Waals surface area contributed by atoms with Crippen LogP contribution in [0.2, 0.25) is 5.02 Å². The van der Waals surface area contributed by atoms with Crippen LogP contribution in [0.3, 0.4) is 0 Å². The molecule has 1 aromatic carbocycles. The summed E-state index contributed by atoms with van der Waals surface area (Å²) in [7, 11) is 1.79. The first kappa shape index (κ1) is 16.1. The highest BCUT2D eigenvalue weighted by Crippen LogP contribution is 2.31. The van der Waals surface area contributed by atoms with Crippen LogP contribution in [0, 0.1) is 5.92 Å². The first-order valence-corrected chi connectivity index (χ1v) is 8.84. The predicted octanol–water partition coefficient (Wildman–Crippen LogP) is 3.52. The fourth-order valence-electron chi connectivity index (χ4n) is 3.01. The lowest BCUT2D eigenvalue weighted by Gasteiger charge is -2.25. The Hall–Kier alpha value is -2.34. The van der Waals surface area contributed by atoms with Crippen LogP contribution in [-0.4, -0.2) is 34.5 Å². The number of rotatable bonds is 4. The molecular formula is C18H20ClN5O. The monoisotopic (exact) mass is 357 g/mol. The zero-order valence-electron chi connectivity index (χ0n) is 14.1. The first-order valence-electron chi connectivity index (χ1n) is 8.46. The molecule has 2 amide bonds. The summed E-state index contributed by atoms with van der Waals surface area (Å²) in [6.07, 6.45) is 4.13. The summed E-state index contributed by atoms with van der Waals surface area (Å²) in [5.74, 6) is 1.58. The maximum atomic E-state index is 12.8. The second-order valence-electron chi connectivity index (χ2n) is 6.67. The number of benzene rings is 1. The van der Waals surface area contributed by atoms with Crippen LogP contribution in [0.4, 0.5) is 16.3 Å². The quantitative estimate of drug-likeness (QED) is 0.909. The summed E-state index contributed by atoms with van der Waals surface area (Å²) in [6, 6.07) is 7.25. The van der Waals surface area contributed by atoms with E-state index in [0.717, 1.165) is 35.2 Å². The molecule has 1 aromatic heterocycles. The Balaban J connectivity index is 1.68. The Kier molecular flexibility index (Phi) is 4.21. The average molecular weight is 358 g/mol. The molecule has 1 fully saturated rings. The Labute approximate surface area is 151 Å². The lowest BCUT2D eigenvalue weighted by molar-refractivity contribution is 0.214. The summed E-state index contributed by atoms with van der Waals surface area (Å²) in [5, 5.41) is 4.09. The fraction of sp³-hybridized carbons (Fsp3) is 0.389. The number of nitrogens with one attached hydrogen (secondary N) is 1. The Morgan fingerprint density at radius 2 is 1.96 bits per heavy atom. The van der Waals surface area contributed by atoms with Crippen molar-refractivity contribution in [1.29, 1.82) is 0 Å². The van der Waals surface area contributed by atoms with Crippen LogP contribution in [0.5, 0.6) is 0 Å². The van der Waals surface area contributed by atoms with Crippen LogP contribution < -0.4 is 10.2 Å². The number of nitrogens with zero attached hydrogens (tertiary/aromatic N) is 4. The SMILES string of the molecule is CN1Cc2ncnc(NCC3CC3)c2CN(c2ccc(Cl)cc2)C1=O. The Morgan fingerprint density at radius 1 is 1.20 bits per heavy atom. The molecule has 0 bridgehead atoms. The van der Waals surface area contributed by atoms with E-state index in [1.807, 2.05) is 12.1 Å². The van der Waals surface area contributed by atoms with Gasteiger partial charge in [-0.1, -0.05) is 11.6 Å². The molecule has 6 nitrogen and oxygen atoms in total. The van der Waals surface area contributed by atoms with E-state index in [0.29, 0.717) is 18.1 Å². The molecule has 1 aliphatic heterocycles. The molecule has 1 aliphatic carbocycles. The molecule has 2 heterocycles. The average Bonchev–Trinajstić information content (AvgIpc) is 3.44. The summed E-state index contributed by atoms with van der Waals surface area (Å²) < 4.78 is 0. The van der Waals surface area contributed by atoms with Crippen LogP contribution in [0.15, 0.2) is 30.6 Å². The molecule has 4 rings (SSSR count). The molecule has 0 unspecified atom stereocenters. The highest BCUT2D eigenvalue weighted by molar-refractivity contribution is 6.30. The zero-order chi connectivity index (χ0) is 17.4. The first-order chi connectivity index (χ1) is 12.1. The minimum atomic E-state index is -0.0616. The van der Waals surface area contributed by atoms with Gasteiger partial charge in [-0.05, 0) is 43.0 Å². The zero-order valence-corrected chi connectivity index (χ0v) is 14.8. The van der Waals surface area contributed by atoms with Crippen LogP contribution in [-0.2, 0) is 13.1 Å². The Bertz CT molecular complexity index is 791. The molecule has 0 spiro atoms. The van der Waals surface area contributed by atoms with E-state index in [4.69, 9.17) is 11.6 Å².